The Balaban J connectivity index is 1.98. The number of rotatable bonds is 4. The van der Waals surface area contributed by atoms with Crippen molar-refractivity contribution in [3.63, 3.8) is 0 Å². The van der Waals surface area contributed by atoms with Crippen molar-refractivity contribution >= 4 is 23.2 Å². The van der Waals surface area contributed by atoms with E-state index < -0.39 is 5.82 Å². The van der Waals surface area contributed by atoms with E-state index in [1.54, 1.807) is 7.05 Å². The summed E-state index contributed by atoms with van der Waals surface area (Å²) in [4.78, 5) is 16.1. The molecule has 7 heteroatoms. The van der Waals surface area contributed by atoms with Crippen molar-refractivity contribution in [2.75, 3.05) is 52.2 Å². The fourth-order valence-electron chi connectivity index (χ4n) is 2.19. The fraction of sp³-hybridized carbons (Fsp3) is 0.500. The number of hydrogen-bond acceptors (Lipinski definition) is 4. The quantitative estimate of drug-likeness (QED) is 0.855. The SMILES string of the molecule is CN(CCN1CCOCC1)C(=O)c1cc(Cl)cc(F)c1N. The standard InChI is InChI=1S/C14H19ClFN3O2/c1-18(2-3-19-4-6-21-7-5-19)14(20)11-8-10(15)9-12(16)13(11)17/h8-9H,2-7,17H2,1H3. The second-order valence-electron chi connectivity index (χ2n) is 5.03. The molecular weight excluding hydrogens is 297 g/mol. The van der Waals surface area contributed by atoms with E-state index >= 15 is 0 Å². The maximum Gasteiger partial charge on any atom is 0.255 e. The molecule has 1 aliphatic rings. The van der Waals surface area contributed by atoms with Gasteiger partial charge in [-0.05, 0) is 12.1 Å². The van der Waals surface area contributed by atoms with E-state index in [9.17, 15) is 9.18 Å². The maximum atomic E-state index is 13.5. The van der Waals surface area contributed by atoms with E-state index in [4.69, 9.17) is 22.1 Å². The molecule has 1 heterocycles. The first-order chi connectivity index (χ1) is 9.99. The van der Waals surface area contributed by atoms with Crippen LogP contribution in [0.15, 0.2) is 12.1 Å². The van der Waals surface area contributed by atoms with Crippen LogP contribution in [0, 0.1) is 5.82 Å². The number of hydrogen-bond donors (Lipinski definition) is 1. The van der Waals surface area contributed by atoms with Gasteiger partial charge in [-0.2, -0.15) is 0 Å². The summed E-state index contributed by atoms with van der Waals surface area (Å²) in [5.74, 6) is -1.01. The topological polar surface area (TPSA) is 58.8 Å². The van der Waals surface area contributed by atoms with Gasteiger partial charge in [-0.1, -0.05) is 11.6 Å². The molecule has 0 radical (unpaired) electrons. The largest absolute Gasteiger partial charge is 0.396 e. The summed E-state index contributed by atoms with van der Waals surface area (Å²) in [5.41, 5.74) is 5.56. The molecule has 2 rings (SSSR count). The molecule has 0 spiro atoms. The first-order valence-electron chi connectivity index (χ1n) is 6.79. The Labute approximate surface area is 128 Å². The van der Waals surface area contributed by atoms with Gasteiger partial charge >= 0.3 is 0 Å². The highest BCUT2D eigenvalue weighted by Crippen LogP contribution is 2.23. The van der Waals surface area contributed by atoms with Gasteiger partial charge in [-0.15, -0.1) is 0 Å². The molecule has 2 N–H and O–H groups in total. The van der Waals surface area contributed by atoms with Crippen LogP contribution in [-0.4, -0.2) is 62.1 Å². The van der Waals surface area contributed by atoms with Gasteiger partial charge in [0.25, 0.3) is 5.91 Å². The molecule has 1 aliphatic heterocycles. The van der Waals surface area contributed by atoms with Gasteiger partial charge in [0.15, 0.2) is 0 Å². The lowest BCUT2D eigenvalue weighted by Gasteiger charge is -2.28. The molecular formula is C14H19ClFN3O2. The fourth-order valence-corrected chi connectivity index (χ4v) is 2.39. The van der Waals surface area contributed by atoms with Crippen LogP contribution in [-0.2, 0) is 4.74 Å². The van der Waals surface area contributed by atoms with Crippen molar-refractivity contribution in [1.82, 2.24) is 9.80 Å². The molecule has 0 bridgehead atoms. The molecule has 1 aromatic carbocycles. The summed E-state index contributed by atoms with van der Waals surface area (Å²) in [6.07, 6.45) is 0. The number of carbonyl (C=O) groups is 1. The number of nitrogens with two attached hydrogens (primary N) is 1. The minimum Gasteiger partial charge on any atom is -0.396 e. The van der Waals surface area contributed by atoms with Crippen molar-refractivity contribution in [3.05, 3.63) is 28.5 Å². The van der Waals surface area contributed by atoms with Crippen LogP contribution in [0.3, 0.4) is 0 Å². The molecule has 116 valence electrons. The Morgan fingerprint density at radius 2 is 2.14 bits per heavy atom. The predicted molar refractivity (Wildman–Crippen MR) is 80.0 cm³/mol. The van der Waals surface area contributed by atoms with Crippen molar-refractivity contribution in [2.45, 2.75) is 0 Å². The highest BCUT2D eigenvalue weighted by atomic mass is 35.5. The molecule has 1 aromatic rings. The molecule has 5 nitrogen and oxygen atoms in total. The molecule has 0 unspecified atom stereocenters. The Morgan fingerprint density at radius 1 is 1.48 bits per heavy atom. The summed E-state index contributed by atoms with van der Waals surface area (Å²) in [6.45, 7) is 4.42. The number of halogens is 2. The Kier molecular flexibility index (Phi) is 5.39. The molecule has 0 saturated carbocycles. The molecule has 1 fully saturated rings. The van der Waals surface area contributed by atoms with Crippen LogP contribution < -0.4 is 5.73 Å². The average molecular weight is 316 g/mol. The minimum absolute atomic E-state index is 0.101. The summed E-state index contributed by atoms with van der Waals surface area (Å²) < 4.78 is 18.8. The number of likely N-dealkylation sites (N-methyl/N-ethyl adjacent to an activating group) is 1. The third-order valence-corrected chi connectivity index (χ3v) is 3.74. The Morgan fingerprint density at radius 3 is 2.81 bits per heavy atom. The van der Waals surface area contributed by atoms with Crippen LogP contribution >= 0.6 is 11.6 Å². The number of carbonyl (C=O) groups excluding carboxylic acids is 1. The molecule has 0 aromatic heterocycles. The molecule has 0 atom stereocenters. The lowest BCUT2D eigenvalue weighted by Crippen LogP contribution is -2.42. The third kappa shape index (κ3) is 4.06. The van der Waals surface area contributed by atoms with Crippen LogP contribution in [0.25, 0.3) is 0 Å². The number of amides is 1. The van der Waals surface area contributed by atoms with Crippen molar-refractivity contribution in [2.24, 2.45) is 0 Å². The number of nitrogen functional groups attached to an aromatic ring is 1. The van der Waals surface area contributed by atoms with Gasteiger partial charge in [-0.3, -0.25) is 9.69 Å². The highest BCUT2D eigenvalue weighted by molar-refractivity contribution is 6.31. The first-order valence-corrected chi connectivity index (χ1v) is 7.17. The number of nitrogens with zero attached hydrogens (tertiary/aromatic N) is 2. The Hall–Kier alpha value is -1.37. The number of benzene rings is 1. The van der Waals surface area contributed by atoms with Crippen molar-refractivity contribution < 1.29 is 13.9 Å². The van der Waals surface area contributed by atoms with Crippen molar-refractivity contribution in [1.29, 1.82) is 0 Å². The van der Waals surface area contributed by atoms with E-state index in [1.807, 2.05) is 0 Å². The van der Waals surface area contributed by atoms with Crippen LogP contribution in [0.4, 0.5) is 10.1 Å². The van der Waals surface area contributed by atoms with E-state index in [-0.39, 0.29) is 22.2 Å². The monoisotopic (exact) mass is 315 g/mol. The average Bonchev–Trinajstić information content (AvgIpc) is 2.48. The predicted octanol–water partition coefficient (Wildman–Crippen LogP) is 1.47. The van der Waals surface area contributed by atoms with Gasteiger partial charge in [-0.25, -0.2) is 4.39 Å². The van der Waals surface area contributed by atoms with Gasteiger partial charge in [0.05, 0.1) is 24.5 Å². The minimum atomic E-state index is -0.674. The molecule has 0 aliphatic carbocycles. The highest BCUT2D eigenvalue weighted by Gasteiger charge is 2.19. The van der Waals surface area contributed by atoms with E-state index in [2.05, 4.69) is 4.90 Å². The van der Waals surface area contributed by atoms with Crippen LogP contribution in [0.1, 0.15) is 10.4 Å². The normalized spacial score (nSPS) is 16.0. The maximum absolute atomic E-state index is 13.5. The van der Waals surface area contributed by atoms with E-state index in [0.717, 1.165) is 25.7 Å². The summed E-state index contributed by atoms with van der Waals surface area (Å²) >= 11 is 5.78. The van der Waals surface area contributed by atoms with Gasteiger partial charge in [0, 0.05) is 38.2 Å². The smallest absolute Gasteiger partial charge is 0.255 e. The first kappa shape index (κ1) is 16.0. The van der Waals surface area contributed by atoms with Crippen LogP contribution in [0.2, 0.25) is 5.02 Å². The van der Waals surface area contributed by atoms with Crippen LogP contribution in [0.5, 0.6) is 0 Å². The third-order valence-electron chi connectivity index (χ3n) is 3.53. The number of anilines is 1. The zero-order chi connectivity index (χ0) is 15.4. The number of ether oxygens (including phenoxy) is 1. The van der Waals surface area contributed by atoms with Gasteiger partial charge < -0.3 is 15.4 Å². The van der Waals surface area contributed by atoms with Gasteiger partial charge in [0.1, 0.15) is 5.82 Å². The zero-order valence-corrected chi connectivity index (χ0v) is 12.7. The molecule has 1 amide bonds. The molecule has 1 saturated heterocycles. The summed E-state index contributed by atoms with van der Waals surface area (Å²) in [5, 5.41) is 0.159. The van der Waals surface area contributed by atoms with Gasteiger partial charge in [0.2, 0.25) is 0 Å². The second-order valence-corrected chi connectivity index (χ2v) is 5.47. The second kappa shape index (κ2) is 7.06. The summed E-state index contributed by atoms with van der Waals surface area (Å²) in [7, 11) is 1.67. The zero-order valence-electron chi connectivity index (χ0n) is 11.9. The Bertz CT molecular complexity index is 521. The lowest BCUT2D eigenvalue weighted by molar-refractivity contribution is 0.0338. The van der Waals surface area contributed by atoms with Crippen molar-refractivity contribution in [3.8, 4) is 0 Å². The molecule has 21 heavy (non-hydrogen) atoms. The summed E-state index contributed by atoms with van der Waals surface area (Å²) in [6, 6.07) is 2.49. The van der Waals surface area contributed by atoms with E-state index in [0.29, 0.717) is 19.8 Å². The lowest BCUT2D eigenvalue weighted by atomic mass is 10.1. The van der Waals surface area contributed by atoms with E-state index in [1.165, 1.54) is 11.0 Å². The number of morpholine rings is 1.